The SMILES string of the molecule is CC1(C)S[C@@H]2[C@H](NC(=O)C(C(=O)Oc3cccc4c3CCC4)c3ccccc3)C(=O)N2[C@H]1C(=O)O. The molecule has 9 heteroatoms. The van der Waals surface area contributed by atoms with Gasteiger partial charge in [0.1, 0.15) is 23.2 Å². The smallest absolute Gasteiger partial charge is 0.328 e. The average Bonchev–Trinajstić information content (AvgIpc) is 3.39. The van der Waals surface area contributed by atoms with Gasteiger partial charge in [-0.05, 0) is 55.9 Å². The first-order valence-electron chi connectivity index (χ1n) is 11.6. The van der Waals surface area contributed by atoms with E-state index >= 15 is 0 Å². The molecule has 2 heterocycles. The first-order valence-corrected chi connectivity index (χ1v) is 12.5. The van der Waals surface area contributed by atoms with Crippen molar-refractivity contribution in [3.63, 3.8) is 0 Å². The molecule has 2 amide bonds. The molecule has 5 rings (SSSR count). The van der Waals surface area contributed by atoms with Gasteiger partial charge >= 0.3 is 11.9 Å². The quantitative estimate of drug-likeness (QED) is 0.275. The summed E-state index contributed by atoms with van der Waals surface area (Å²) in [5.41, 5.74) is 2.58. The van der Waals surface area contributed by atoms with Gasteiger partial charge in [0.15, 0.2) is 5.92 Å². The van der Waals surface area contributed by atoms with Crippen molar-refractivity contribution in [2.24, 2.45) is 0 Å². The van der Waals surface area contributed by atoms with Crippen LogP contribution in [0.1, 0.15) is 42.9 Å². The summed E-state index contributed by atoms with van der Waals surface area (Å²) in [4.78, 5) is 52.7. The van der Waals surface area contributed by atoms with Crippen LogP contribution < -0.4 is 10.1 Å². The molecule has 2 aromatic carbocycles. The Morgan fingerprint density at radius 1 is 1.11 bits per heavy atom. The summed E-state index contributed by atoms with van der Waals surface area (Å²) in [6, 6.07) is 12.3. The van der Waals surface area contributed by atoms with E-state index in [0.717, 1.165) is 30.4 Å². The van der Waals surface area contributed by atoms with Gasteiger partial charge in [-0.3, -0.25) is 14.4 Å². The third kappa shape index (κ3) is 3.97. The lowest BCUT2D eigenvalue weighted by Gasteiger charge is -2.43. The number of carboxylic acids is 1. The van der Waals surface area contributed by atoms with Crippen LogP contribution >= 0.6 is 11.8 Å². The number of amides is 2. The van der Waals surface area contributed by atoms with Crippen LogP contribution in [0.4, 0.5) is 0 Å². The van der Waals surface area contributed by atoms with E-state index in [1.807, 2.05) is 12.1 Å². The molecule has 2 fully saturated rings. The second-order valence-corrected chi connectivity index (χ2v) is 11.4. The number of carboxylic acid groups (broad SMARTS) is 1. The van der Waals surface area contributed by atoms with Crippen LogP contribution in [-0.2, 0) is 32.0 Å². The molecule has 0 radical (unpaired) electrons. The number of hydrogen-bond donors (Lipinski definition) is 2. The molecule has 2 aliphatic heterocycles. The molecule has 1 unspecified atom stereocenters. The summed E-state index contributed by atoms with van der Waals surface area (Å²) in [5.74, 6) is -3.73. The molecule has 3 aliphatic rings. The number of carbonyl (C=O) groups is 4. The number of fused-ring (bicyclic) bond motifs is 2. The molecule has 0 saturated carbocycles. The fourth-order valence-corrected chi connectivity index (χ4v) is 6.89. The lowest BCUT2D eigenvalue weighted by atomic mass is 9.94. The zero-order valence-electron chi connectivity index (χ0n) is 19.4. The molecule has 2 saturated heterocycles. The van der Waals surface area contributed by atoms with Crippen molar-refractivity contribution < 1.29 is 29.0 Å². The van der Waals surface area contributed by atoms with Gasteiger partial charge in [-0.1, -0.05) is 42.5 Å². The maximum Gasteiger partial charge on any atom is 0.328 e. The van der Waals surface area contributed by atoms with E-state index in [4.69, 9.17) is 4.74 Å². The summed E-state index contributed by atoms with van der Waals surface area (Å²) in [7, 11) is 0. The Bertz CT molecular complexity index is 1210. The number of benzene rings is 2. The second-order valence-electron chi connectivity index (χ2n) is 9.60. The summed E-state index contributed by atoms with van der Waals surface area (Å²) < 4.78 is 5.03. The zero-order chi connectivity index (χ0) is 24.9. The molecule has 0 spiro atoms. The number of nitrogens with zero attached hydrogens (tertiary/aromatic N) is 1. The number of aliphatic carboxylic acids is 1. The minimum atomic E-state index is -1.27. The number of ether oxygens (including phenoxy) is 1. The van der Waals surface area contributed by atoms with E-state index in [2.05, 4.69) is 5.32 Å². The highest BCUT2D eigenvalue weighted by molar-refractivity contribution is 8.01. The molecule has 2 N–H and O–H groups in total. The highest BCUT2D eigenvalue weighted by Gasteiger charge is 2.64. The summed E-state index contributed by atoms with van der Waals surface area (Å²) in [5, 5.41) is 11.8. The van der Waals surface area contributed by atoms with E-state index < -0.39 is 51.9 Å². The van der Waals surface area contributed by atoms with E-state index in [9.17, 15) is 24.3 Å². The fourth-order valence-electron chi connectivity index (χ4n) is 5.27. The van der Waals surface area contributed by atoms with Crippen LogP contribution in [0.3, 0.4) is 0 Å². The molecule has 4 atom stereocenters. The monoisotopic (exact) mass is 494 g/mol. The summed E-state index contributed by atoms with van der Waals surface area (Å²) in [6.07, 6.45) is 2.72. The third-order valence-corrected chi connectivity index (χ3v) is 8.49. The normalized spacial score (nSPS) is 24.7. The second kappa shape index (κ2) is 8.71. The molecular formula is C26H26N2O6S. The van der Waals surface area contributed by atoms with Gasteiger partial charge in [-0.25, -0.2) is 4.79 Å². The van der Waals surface area contributed by atoms with E-state index in [-0.39, 0.29) is 0 Å². The summed E-state index contributed by atoms with van der Waals surface area (Å²) in [6.45, 7) is 3.53. The van der Waals surface area contributed by atoms with Gasteiger partial charge in [-0.2, -0.15) is 0 Å². The first-order chi connectivity index (χ1) is 16.7. The Kier molecular flexibility index (Phi) is 5.83. The number of rotatable bonds is 6. The minimum Gasteiger partial charge on any atom is -0.480 e. The minimum absolute atomic E-state index is 0.453. The van der Waals surface area contributed by atoms with Gasteiger partial charge in [-0.15, -0.1) is 11.8 Å². The summed E-state index contributed by atoms with van der Waals surface area (Å²) >= 11 is 1.33. The van der Waals surface area contributed by atoms with Crippen molar-refractivity contribution in [3.8, 4) is 5.75 Å². The van der Waals surface area contributed by atoms with Crippen LogP contribution in [0, 0.1) is 0 Å². The topological polar surface area (TPSA) is 113 Å². The van der Waals surface area contributed by atoms with Crippen LogP contribution in [0.25, 0.3) is 0 Å². The van der Waals surface area contributed by atoms with Gasteiger partial charge in [0.25, 0.3) is 0 Å². The maximum atomic E-state index is 13.4. The van der Waals surface area contributed by atoms with Crippen LogP contribution in [-0.4, -0.2) is 56.0 Å². The van der Waals surface area contributed by atoms with E-state index in [1.165, 1.54) is 16.7 Å². The van der Waals surface area contributed by atoms with Gasteiger partial charge in [0.2, 0.25) is 11.8 Å². The Hall–Kier alpha value is -3.33. The third-order valence-electron chi connectivity index (χ3n) is 6.92. The first kappa shape index (κ1) is 23.4. The molecular weight excluding hydrogens is 468 g/mol. The van der Waals surface area contributed by atoms with Crippen LogP contribution in [0.15, 0.2) is 48.5 Å². The Morgan fingerprint density at radius 3 is 2.57 bits per heavy atom. The Morgan fingerprint density at radius 2 is 1.86 bits per heavy atom. The fraction of sp³-hybridized carbons (Fsp3) is 0.385. The van der Waals surface area contributed by atoms with Gasteiger partial charge in [0, 0.05) is 4.75 Å². The lowest BCUT2D eigenvalue weighted by molar-refractivity contribution is -0.161. The average molecular weight is 495 g/mol. The van der Waals surface area contributed by atoms with Gasteiger partial charge in [0.05, 0.1) is 0 Å². The highest BCUT2D eigenvalue weighted by Crippen LogP contribution is 2.50. The molecule has 2 aromatic rings. The standard InChI is InChI=1S/C26H26N2O6S/c1-26(2)20(24(31)32)28-22(30)19(23(28)35-26)27-21(29)18(15-8-4-3-5-9-15)25(33)34-17-13-7-11-14-10-6-12-16(14)17/h3-5,7-9,11,13,18-20,23H,6,10,12H2,1-2H3,(H,27,29)(H,31,32)/t18?,19-,20+,23-/m1/s1. The largest absolute Gasteiger partial charge is 0.480 e. The van der Waals surface area contributed by atoms with Crippen molar-refractivity contribution in [1.29, 1.82) is 0 Å². The number of esters is 1. The van der Waals surface area contributed by atoms with Crippen molar-refractivity contribution in [3.05, 3.63) is 65.2 Å². The van der Waals surface area contributed by atoms with E-state index in [0.29, 0.717) is 11.3 Å². The molecule has 182 valence electrons. The van der Waals surface area contributed by atoms with Gasteiger partial charge < -0.3 is 20.1 Å². The predicted octanol–water partition coefficient (Wildman–Crippen LogP) is 2.50. The van der Waals surface area contributed by atoms with Crippen molar-refractivity contribution in [2.75, 3.05) is 0 Å². The number of thioether (sulfide) groups is 1. The molecule has 0 bridgehead atoms. The Labute approximate surface area is 207 Å². The molecule has 35 heavy (non-hydrogen) atoms. The molecule has 0 aromatic heterocycles. The number of carbonyl (C=O) groups excluding carboxylic acids is 3. The highest BCUT2D eigenvalue weighted by atomic mass is 32.2. The van der Waals surface area contributed by atoms with Crippen LogP contribution in [0.2, 0.25) is 0 Å². The van der Waals surface area contributed by atoms with Crippen molar-refractivity contribution in [1.82, 2.24) is 10.2 Å². The van der Waals surface area contributed by atoms with Crippen molar-refractivity contribution in [2.45, 2.75) is 61.2 Å². The number of aryl methyl sites for hydroxylation is 1. The van der Waals surface area contributed by atoms with E-state index in [1.54, 1.807) is 50.2 Å². The molecule has 1 aliphatic carbocycles. The lowest BCUT2D eigenvalue weighted by Crippen LogP contribution is -2.71. The Balaban J connectivity index is 1.38. The zero-order valence-corrected chi connectivity index (χ0v) is 20.2. The maximum absolute atomic E-state index is 13.4. The number of β-lactam (4-membered cyclic amide) rings is 1. The number of nitrogens with one attached hydrogen (secondary N) is 1. The van der Waals surface area contributed by atoms with Crippen LogP contribution in [0.5, 0.6) is 5.75 Å². The predicted molar refractivity (Wildman–Crippen MR) is 129 cm³/mol. The number of hydrogen-bond acceptors (Lipinski definition) is 6. The molecule has 8 nitrogen and oxygen atoms in total. The van der Waals surface area contributed by atoms with Crippen molar-refractivity contribution >= 4 is 35.5 Å².